The summed E-state index contributed by atoms with van der Waals surface area (Å²) in [5, 5.41) is 14.5. The molecule has 0 aliphatic heterocycles. The third kappa shape index (κ3) is 3.87. The second-order valence-electron chi connectivity index (χ2n) is 5.18. The molecule has 0 heterocycles. The summed E-state index contributed by atoms with van der Waals surface area (Å²) in [7, 11) is -3.64. The highest BCUT2D eigenvalue weighted by atomic mass is 31.2. The number of nitrogens with one attached hydrogen (secondary N) is 1. The monoisotopic (exact) mass is 354 g/mol. The molecular formula is C18H15N2O4P. The van der Waals surface area contributed by atoms with Gasteiger partial charge in [0.1, 0.15) is 0 Å². The van der Waals surface area contributed by atoms with Crippen molar-refractivity contribution in [2.45, 2.75) is 0 Å². The van der Waals surface area contributed by atoms with Crippen molar-refractivity contribution in [3.8, 4) is 5.75 Å². The molecule has 0 saturated carbocycles. The molecule has 1 unspecified atom stereocenters. The first-order valence-electron chi connectivity index (χ1n) is 7.50. The third-order valence-electron chi connectivity index (χ3n) is 3.44. The first kappa shape index (κ1) is 16.7. The first-order valence-corrected chi connectivity index (χ1v) is 9.13. The molecule has 0 amide bonds. The van der Waals surface area contributed by atoms with Gasteiger partial charge < -0.3 is 9.61 Å². The number of hydrogen-bond donors (Lipinski definition) is 1. The van der Waals surface area contributed by atoms with Gasteiger partial charge in [0.2, 0.25) is 5.75 Å². The van der Waals surface area contributed by atoms with Crippen LogP contribution in [0.3, 0.4) is 0 Å². The molecule has 0 aliphatic rings. The van der Waals surface area contributed by atoms with E-state index >= 15 is 0 Å². The molecule has 0 aliphatic carbocycles. The molecule has 3 rings (SSSR count). The van der Waals surface area contributed by atoms with Gasteiger partial charge in [-0.1, -0.05) is 48.5 Å². The predicted octanol–water partition coefficient (Wildman–Crippen LogP) is 4.60. The van der Waals surface area contributed by atoms with E-state index in [1.165, 1.54) is 18.2 Å². The summed E-state index contributed by atoms with van der Waals surface area (Å²) in [6.45, 7) is 0. The standard InChI is InChI=1S/C18H15N2O4P/c21-20(22)17-13-7-8-14-18(17)24-25(23,16-11-5-2-6-12-16)19-15-9-3-1-4-10-15/h1-14H,(H,19,23). The van der Waals surface area contributed by atoms with Crippen molar-refractivity contribution in [2.75, 3.05) is 5.09 Å². The Hall–Kier alpha value is -3.11. The molecule has 0 bridgehead atoms. The Balaban J connectivity index is 2.04. The Labute approximate surface area is 144 Å². The summed E-state index contributed by atoms with van der Waals surface area (Å²) in [5.41, 5.74) is 0.349. The maximum Gasteiger partial charge on any atom is 0.371 e. The van der Waals surface area contributed by atoms with Crippen molar-refractivity contribution in [3.63, 3.8) is 0 Å². The van der Waals surface area contributed by atoms with E-state index in [0.717, 1.165) is 0 Å². The van der Waals surface area contributed by atoms with Crippen LogP contribution in [0.15, 0.2) is 84.9 Å². The van der Waals surface area contributed by atoms with Crippen LogP contribution >= 0.6 is 7.52 Å². The highest BCUT2D eigenvalue weighted by molar-refractivity contribution is 7.68. The predicted molar refractivity (Wildman–Crippen MR) is 97.5 cm³/mol. The molecule has 1 N–H and O–H groups in total. The van der Waals surface area contributed by atoms with Crippen LogP contribution in [0, 0.1) is 10.1 Å². The van der Waals surface area contributed by atoms with Crippen LogP contribution in [0.5, 0.6) is 5.75 Å². The molecule has 7 heteroatoms. The smallest absolute Gasteiger partial charge is 0.371 e. The van der Waals surface area contributed by atoms with Gasteiger partial charge in [-0.05, 0) is 30.3 Å². The molecule has 0 fully saturated rings. The largest absolute Gasteiger partial charge is 0.418 e. The fourth-order valence-electron chi connectivity index (χ4n) is 2.27. The van der Waals surface area contributed by atoms with Gasteiger partial charge in [0, 0.05) is 11.8 Å². The number of rotatable bonds is 6. The lowest BCUT2D eigenvalue weighted by molar-refractivity contribution is -0.385. The zero-order valence-corrected chi connectivity index (χ0v) is 14.0. The number of hydrogen-bond acceptors (Lipinski definition) is 4. The van der Waals surface area contributed by atoms with E-state index in [0.29, 0.717) is 11.0 Å². The molecule has 1 atom stereocenters. The molecule has 3 aromatic rings. The molecule has 126 valence electrons. The maximum atomic E-state index is 13.6. The zero-order valence-electron chi connectivity index (χ0n) is 13.1. The van der Waals surface area contributed by atoms with Gasteiger partial charge in [-0.2, -0.15) is 0 Å². The summed E-state index contributed by atoms with van der Waals surface area (Å²) < 4.78 is 19.3. The van der Waals surface area contributed by atoms with Gasteiger partial charge in [0.05, 0.1) is 10.2 Å². The first-order chi connectivity index (χ1) is 12.1. The topological polar surface area (TPSA) is 81.5 Å². The fourth-order valence-corrected chi connectivity index (χ4v) is 4.04. The van der Waals surface area contributed by atoms with E-state index in [1.807, 2.05) is 6.07 Å². The van der Waals surface area contributed by atoms with E-state index < -0.39 is 12.4 Å². The highest BCUT2D eigenvalue weighted by Gasteiger charge is 2.30. The van der Waals surface area contributed by atoms with Crippen LogP contribution in [-0.4, -0.2) is 4.92 Å². The van der Waals surface area contributed by atoms with Crippen LogP contribution in [0.25, 0.3) is 0 Å². The van der Waals surface area contributed by atoms with Gasteiger partial charge in [0.15, 0.2) is 0 Å². The number of anilines is 1. The third-order valence-corrected chi connectivity index (χ3v) is 5.42. The second kappa shape index (κ2) is 7.20. The molecule has 0 saturated heterocycles. The minimum atomic E-state index is -3.64. The van der Waals surface area contributed by atoms with Gasteiger partial charge in [0.25, 0.3) is 0 Å². The van der Waals surface area contributed by atoms with Gasteiger partial charge in [-0.3, -0.25) is 10.1 Å². The Morgan fingerprint density at radius 1 is 0.840 bits per heavy atom. The van der Waals surface area contributed by atoms with Crippen molar-refractivity contribution in [2.24, 2.45) is 0 Å². The van der Waals surface area contributed by atoms with Crippen molar-refractivity contribution in [3.05, 3.63) is 95.0 Å². The lowest BCUT2D eigenvalue weighted by atomic mass is 10.3. The number of para-hydroxylation sites is 3. The quantitative estimate of drug-likeness (QED) is 0.397. The molecular weight excluding hydrogens is 339 g/mol. The van der Waals surface area contributed by atoms with Crippen molar-refractivity contribution < 1.29 is 14.0 Å². The molecule has 25 heavy (non-hydrogen) atoms. The second-order valence-corrected chi connectivity index (χ2v) is 7.21. The lowest BCUT2D eigenvalue weighted by Gasteiger charge is -2.21. The summed E-state index contributed by atoms with van der Waals surface area (Å²) in [6.07, 6.45) is 0. The molecule has 0 aromatic heterocycles. The van der Waals surface area contributed by atoms with Crippen molar-refractivity contribution in [1.82, 2.24) is 0 Å². The van der Waals surface area contributed by atoms with Crippen LogP contribution < -0.4 is 14.9 Å². The molecule has 0 radical (unpaired) electrons. The summed E-state index contributed by atoms with van der Waals surface area (Å²) in [4.78, 5) is 10.7. The van der Waals surface area contributed by atoms with Crippen LogP contribution in [0.1, 0.15) is 0 Å². The lowest BCUT2D eigenvalue weighted by Crippen LogP contribution is -2.16. The minimum Gasteiger partial charge on any atom is -0.418 e. The summed E-state index contributed by atoms with van der Waals surface area (Å²) >= 11 is 0. The van der Waals surface area contributed by atoms with Crippen molar-refractivity contribution >= 4 is 24.2 Å². The van der Waals surface area contributed by atoms with E-state index in [4.69, 9.17) is 4.52 Å². The normalized spacial score (nSPS) is 12.8. The minimum absolute atomic E-state index is 0.0527. The average molecular weight is 354 g/mol. The highest BCUT2D eigenvalue weighted by Crippen LogP contribution is 2.48. The number of benzene rings is 3. The van der Waals surface area contributed by atoms with E-state index in [-0.39, 0.29) is 11.4 Å². The van der Waals surface area contributed by atoms with Gasteiger partial charge >= 0.3 is 13.2 Å². The van der Waals surface area contributed by atoms with E-state index in [2.05, 4.69) is 5.09 Å². The molecule has 6 nitrogen and oxygen atoms in total. The molecule has 0 spiro atoms. The Morgan fingerprint density at radius 2 is 1.40 bits per heavy atom. The number of nitro groups is 1. The Bertz CT molecular complexity index is 917. The average Bonchev–Trinajstić information content (AvgIpc) is 2.63. The number of nitrogens with zero attached hydrogens (tertiary/aromatic N) is 1. The van der Waals surface area contributed by atoms with E-state index in [1.54, 1.807) is 60.7 Å². The van der Waals surface area contributed by atoms with Crippen LogP contribution in [0.4, 0.5) is 11.4 Å². The van der Waals surface area contributed by atoms with Gasteiger partial charge in [-0.15, -0.1) is 0 Å². The van der Waals surface area contributed by atoms with Crippen LogP contribution in [-0.2, 0) is 4.57 Å². The maximum absolute atomic E-state index is 13.6. The summed E-state index contributed by atoms with van der Waals surface area (Å²) in [6, 6.07) is 23.4. The Morgan fingerprint density at radius 3 is 2.04 bits per heavy atom. The SMILES string of the molecule is O=[N+]([O-])c1ccccc1OP(=O)(Nc1ccccc1)c1ccccc1. The number of nitro benzene ring substituents is 1. The van der Waals surface area contributed by atoms with Crippen LogP contribution in [0.2, 0.25) is 0 Å². The zero-order chi connectivity index (χ0) is 17.7. The van der Waals surface area contributed by atoms with E-state index in [9.17, 15) is 14.7 Å². The van der Waals surface area contributed by atoms with Gasteiger partial charge in [-0.25, -0.2) is 4.57 Å². The fraction of sp³-hybridized carbons (Fsp3) is 0. The summed E-state index contributed by atoms with van der Waals surface area (Å²) in [5.74, 6) is -0.0527. The molecule has 3 aromatic carbocycles. The Kier molecular flexibility index (Phi) is 4.82. The van der Waals surface area contributed by atoms with Crippen molar-refractivity contribution in [1.29, 1.82) is 0 Å².